The highest BCUT2D eigenvalue weighted by Crippen LogP contribution is 2.57. The zero-order valence-electron chi connectivity index (χ0n) is 60.8. The van der Waals surface area contributed by atoms with Gasteiger partial charge in [-0.2, -0.15) is 0 Å². The molecule has 5 rings (SSSR count). The van der Waals surface area contributed by atoms with Crippen LogP contribution in [0.2, 0.25) is 0 Å². The van der Waals surface area contributed by atoms with Crippen LogP contribution in [-0.4, -0.2) is 125 Å². The van der Waals surface area contributed by atoms with Crippen LogP contribution in [-0.2, 0) is 61.9 Å². The lowest BCUT2D eigenvalue weighted by Crippen LogP contribution is -2.63. The minimum absolute atomic E-state index is 0.00754. The first kappa shape index (κ1) is 82.2. The summed E-state index contributed by atoms with van der Waals surface area (Å²) in [4.78, 5) is 97.7. The number of unbranched alkanes of at least 4 members (excludes halogenated alkanes) is 22. The van der Waals surface area contributed by atoms with E-state index in [0.29, 0.717) is 43.4 Å². The number of benzene rings is 1. The molecule has 4 unspecified atom stereocenters. The molecule has 1 saturated heterocycles. The number of allylic oxidation sites excluding steroid dienone is 4. The molecule has 1 aliphatic heterocycles. The number of ether oxygens (including phenoxy) is 7. The average molecular weight is 1360 g/mol. The number of hydrogen-bond donors (Lipinski definition) is 4. The molecule has 97 heavy (non-hydrogen) atoms. The van der Waals surface area contributed by atoms with Crippen LogP contribution in [0.15, 0.2) is 65.8 Å². The number of fused-ring (bicyclic) bond motifs is 5. The molecule has 0 radical (unpaired) electrons. The lowest BCUT2D eigenvalue weighted by Gasteiger charge is -2.56. The smallest absolute Gasteiger partial charge is 0.408 e. The third-order valence-electron chi connectivity index (χ3n) is 20.6. The van der Waals surface area contributed by atoms with Crippen LogP contribution >= 0.6 is 0 Å². The number of nitrogens with one attached hydrogen (secondary N) is 1. The predicted molar refractivity (Wildman–Crippen MR) is 375 cm³/mol. The number of rotatable bonds is 44. The van der Waals surface area contributed by atoms with Gasteiger partial charge in [-0.1, -0.05) is 185 Å². The number of alkyl carbamates (subject to hydrolysis) is 1. The molecular formula is C79H125NO17. The van der Waals surface area contributed by atoms with Crippen LogP contribution in [0.25, 0.3) is 0 Å². The molecule has 18 nitrogen and oxygen atoms in total. The maximum Gasteiger partial charge on any atom is 0.408 e. The molecule has 1 aromatic rings. The van der Waals surface area contributed by atoms with Gasteiger partial charge in [-0.15, -0.1) is 0 Å². The fourth-order valence-corrected chi connectivity index (χ4v) is 14.8. The van der Waals surface area contributed by atoms with E-state index in [9.17, 15) is 44.1 Å². The minimum Gasteiger partial charge on any atom is -0.462 e. The van der Waals surface area contributed by atoms with Crippen LogP contribution in [0, 0.1) is 28.6 Å². The predicted octanol–water partition coefficient (Wildman–Crippen LogP) is 15.8. The summed E-state index contributed by atoms with van der Waals surface area (Å²) in [7, 11) is 0. The molecule has 0 spiro atoms. The number of aliphatic hydroxyl groups excluding tert-OH is 3. The van der Waals surface area contributed by atoms with E-state index in [1.165, 1.54) is 77.0 Å². The molecule has 4 aliphatic rings. The normalized spacial score (nSPS) is 24.1. The molecule has 3 fully saturated rings. The van der Waals surface area contributed by atoms with Crippen LogP contribution in [0.3, 0.4) is 0 Å². The largest absolute Gasteiger partial charge is 0.462 e. The van der Waals surface area contributed by atoms with E-state index >= 15 is 4.79 Å². The van der Waals surface area contributed by atoms with Crippen molar-refractivity contribution in [1.82, 2.24) is 5.32 Å². The van der Waals surface area contributed by atoms with E-state index in [2.05, 4.69) is 43.5 Å². The minimum atomic E-state index is -1.95. The van der Waals surface area contributed by atoms with Gasteiger partial charge in [0.15, 0.2) is 11.9 Å². The van der Waals surface area contributed by atoms with Crippen molar-refractivity contribution in [2.24, 2.45) is 28.6 Å². The van der Waals surface area contributed by atoms with Crippen molar-refractivity contribution < 1.29 is 82.0 Å². The van der Waals surface area contributed by atoms with Crippen molar-refractivity contribution in [3.8, 4) is 0 Å². The Morgan fingerprint density at radius 2 is 1.09 bits per heavy atom. The lowest BCUT2D eigenvalue weighted by molar-refractivity contribution is -0.225. The highest BCUT2D eigenvalue weighted by Gasteiger charge is 2.62. The molecule has 3 aliphatic carbocycles. The van der Waals surface area contributed by atoms with Gasteiger partial charge in [-0.25, -0.2) is 9.59 Å². The zero-order chi connectivity index (χ0) is 70.8. The van der Waals surface area contributed by atoms with E-state index in [1.807, 2.05) is 13.8 Å². The van der Waals surface area contributed by atoms with Gasteiger partial charge < -0.3 is 53.8 Å². The molecule has 1 heterocycles. The number of esters is 5. The van der Waals surface area contributed by atoms with Crippen molar-refractivity contribution in [1.29, 1.82) is 0 Å². The number of Topliss-reactive ketones (excluding diaryl/α,β-unsaturated/α-hetero) is 1. The first-order valence-electron chi connectivity index (χ1n) is 37.6. The number of carbonyl (C=O) groups is 7. The van der Waals surface area contributed by atoms with Crippen LogP contribution in [0.1, 0.15) is 292 Å². The quantitative estimate of drug-likeness (QED) is 0.0205. The number of ketones is 1. The second-order valence-corrected chi connectivity index (χ2v) is 29.8. The van der Waals surface area contributed by atoms with Crippen LogP contribution < -0.4 is 5.32 Å². The molecule has 1 amide bonds. The van der Waals surface area contributed by atoms with Gasteiger partial charge in [0.2, 0.25) is 6.10 Å². The van der Waals surface area contributed by atoms with Gasteiger partial charge in [0.05, 0.1) is 43.2 Å². The number of amides is 1. The Kier molecular flexibility index (Phi) is 36.7. The molecule has 548 valence electrons. The Morgan fingerprint density at radius 1 is 0.619 bits per heavy atom. The summed E-state index contributed by atoms with van der Waals surface area (Å²) in [5, 5.41) is 39.0. The topological polar surface area (TPSA) is 257 Å². The number of aliphatic hydroxyl groups is 3. The molecule has 0 aromatic heterocycles. The second kappa shape index (κ2) is 43.3. The lowest BCUT2D eigenvalue weighted by atomic mass is 9.55. The van der Waals surface area contributed by atoms with E-state index < -0.39 is 126 Å². The summed E-state index contributed by atoms with van der Waals surface area (Å²) < 4.78 is 40.6. The van der Waals surface area contributed by atoms with Gasteiger partial charge in [-0.3, -0.25) is 24.0 Å². The summed E-state index contributed by atoms with van der Waals surface area (Å²) in [6.45, 7) is 16.0. The maximum absolute atomic E-state index is 15.1. The molecule has 2 saturated carbocycles. The number of hydrogen-bond acceptors (Lipinski definition) is 17. The Labute approximate surface area is 581 Å². The molecule has 12 atom stereocenters. The molecule has 1 aromatic carbocycles. The number of carbonyl (C=O) groups excluding carboxylic acids is 7. The van der Waals surface area contributed by atoms with E-state index in [0.717, 1.165) is 77.0 Å². The van der Waals surface area contributed by atoms with Crippen LogP contribution in [0.5, 0.6) is 0 Å². The Hall–Kier alpha value is -5.43. The van der Waals surface area contributed by atoms with Gasteiger partial charge in [0.1, 0.15) is 37.1 Å². The van der Waals surface area contributed by atoms with Gasteiger partial charge >= 0.3 is 35.9 Å². The van der Waals surface area contributed by atoms with E-state index in [4.69, 9.17) is 33.2 Å². The van der Waals surface area contributed by atoms with Crippen molar-refractivity contribution in [3.05, 3.63) is 71.3 Å². The van der Waals surface area contributed by atoms with Crippen LogP contribution in [0.4, 0.5) is 4.79 Å². The fraction of sp³-hybridized carbons (Fsp3) is 0.759. The molecule has 4 N–H and O–H groups in total. The summed E-state index contributed by atoms with van der Waals surface area (Å²) in [6.07, 6.45) is 28.5. The maximum atomic E-state index is 15.1. The standard InChI is InChI=1S/C79H125NO17/c1-10-12-14-16-18-20-22-24-26-28-30-32-34-36-41-45-66(83)92-53-58(94-68(85)46-42-37-35-33-31-29-27-25-23-21-19-17-15-13-11-2)54-93-67(84)49-50-69(86)96-73(71(57-43-39-38-40-44-57)80-76(90)97-77(4,5)6)75(89)95-63-51-62(81)61-48-47-60-59-55-91-64(59)52-65(82)79(60,9)74(88)72(87)70(56(63)3)78(61,7)8/h24-27,38-40,43-44,58-65,71-73,81-82,87H,10-23,28-37,41-42,45-55H2,1-9H3,(H,80,90)/b26-24-,27-25-/t58?,59-,60+,61?,62?,63-,64+,65-,71?,72+,73+,79-/m0/s1. The van der Waals surface area contributed by atoms with E-state index in [1.54, 1.807) is 65.0 Å². The van der Waals surface area contributed by atoms with Crippen molar-refractivity contribution >= 4 is 41.7 Å². The van der Waals surface area contributed by atoms with Gasteiger partial charge in [0, 0.05) is 31.6 Å². The Bertz CT molecular complexity index is 2640. The third kappa shape index (κ3) is 27.6. The van der Waals surface area contributed by atoms with Crippen molar-refractivity contribution in [3.63, 3.8) is 0 Å². The van der Waals surface area contributed by atoms with Gasteiger partial charge in [-0.05, 0) is 146 Å². The summed E-state index contributed by atoms with van der Waals surface area (Å²) in [5.41, 5.74) is -2.53. The highest BCUT2D eigenvalue weighted by molar-refractivity contribution is 5.92. The molecular weight excluding hydrogens is 1230 g/mol. The Balaban J connectivity index is 1.24. The summed E-state index contributed by atoms with van der Waals surface area (Å²) in [6, 6.07) is 6.77. The fourth-order valence-electron chi connectivity index (χ4n) is 14.8. The van der Waals surface area contributed by atoms with Crippen molar-refractivity contribution in [2.75, 3.05) is 19.8 Å². The molecule has 18 heteroatoms. The second-order valence-electron chi connectivity index (χ2n) is 29.8. The first-order chi connectivity index (χ1) is 46.4. The monoisotopic (exact) mass is 1360 g/mol. The summed E-state index contributed by atoms with van der Waals surface area (Å²) >= 11 is 0. The average Bonchev–Trinajstić information content (AvgIpc) is 1.70. The summed E-state index contributed by atoms with van der Waals surface area (Å²) in [5.74, 6) is -5.56. The SMILES string of the molecule is CCCCCCCC/C=C\CCCCCCCC(=O)OCC(COC(=O)CCC(=O)O[C@@H](C(=O)O[C@H]1CC(O)C2CC[C@@H]3[C@@H]4CO[C@@H]4C[C@H](O)[C@@]3(C)C(=O)[C@H](O)C(=C1C)C2(C)C)C(NC(=O)OC(C)(C)C)c1ccccc1)OC(=O)CCCCCCC/C=C\CCCCCCCC. The van der Waals surface area contributed by atoms with E-state index in [-0.39, 0.29) is 55.8 Å². The van der Waals surface area contributed by atoms with Gasteiger partial charge in [0.25, 0.3) is 0 Å². The third-order valence-corrected chi connectivity index (χ3v) is 20.6. The molecule has 2 bridgehead atoms. The zero-order valence-corrected chi connectivity index (χ0v) is 60.8. The highest BCUT2D eigenvalue weighted by atomic mass is 16.6. The first-order valence-corrected chi connectivity index (χ1v) is 37.6. The van der Waals surface area contributed by atoms with Crippen molar-refractivity contribution in [2.45, 2.75) is 335 Å². The Morgan fingerprint density at radius 3 is 1.61 bits per heavy atom.